The molecule has 0 radical (unpaired) electrons. The van der Waals surface area contributed by atoms with E-state index in [4.69, 9.17) is 0 Å². The van der Waals surface area contributed by atoms with E-state index >= 15 is 0 Å². The Labute approximate surface area is 148 Å². The number of hydrogen-bond donors (Lipinski definition) is 1. The Hall–Kier alpha value is -0.730. The van der Waals surface area contributed by atoms with Crippen molar-refractivity contribution in [1.82, 2.24) is 4.90 Å². The molecule has 132 valence electrons. The summed E-state index contributed by atoms with van der Waals surface area (Å²) < 4.78 is 0. The molecule has 0 unspecified atom stereocenters. The molecule has 1 saturated heterocycles. The number of halogens is 1. The van der Waals surface area contributed by atoms with Crippen LogP contribution in [0.1, 0.15) is 77.5 Å². The van der Waals surface area contributed by atoms with E-state index in [9.17, 15) is 5.11 Å². The Morgan fingerprint density at radius 1 is 0.870 bits per heavy atom. The zero-order valence-electron chi connectivity index (χ0n) is 15.7. The molecule has 1 fully saturated rings. The fraction of sp³-hybridized carbons (Fsp3) is 0.700. The number of rotatable bonds is 2. The van der Waals surface area contributed by atoms with Crippen molar-refractivity contribution in [2.75, 3.05) is 13.1 Å². The molecule has 0 atom stereocenters. The third kappa shape index (κ3) is 5.12. The van der Waals surface area contributed by atoms with Gasteiger partial charge in [-0.25, -0.2) is 0 Å². The summed E-state index contributed by atoms with van der Waals surface area (Å²) in [4.78, 5) is 2.55. The summed E-state index contributed by atoms with van der Waals surface area (Å²) in [5.41, 5.74) is 3.41. The van der Waals surface area contributed by atoms with Crippen LogP contribution in [0.25, 0.3) is 0 Å². The van der Waals surface area contributed by atoms with Gasteiger partial charge in [0.1, 0.15) is 5.75 Å². The zero-order valence-corrected chi connectivity index (χ0v) is 16.5. The summed E-state index contributed by atoms with van der Waals surface area (Å²) in [5.74, 6) is 0.488. The molecule has 0 bridgehead atoms. The number of phenolic OH excluding ortho intramolecular Hbond substituents is 1. The van der Waals surface area contributed by atoms with Gasteiger partial charge in [0.25, 0.3) is 0 Å². The highest BCUT2D eigenvalue weighted by atomic mass is 35.5. The van der Waals surface area contributed by atoms with Crippen molar-refractivity contribution in [3.05, 3.63) is 28.8 Å². The van der Waals surface area contributed by atoms with E-state index < -0.39 is 0 Å². The smallest absolute Gasteiger partial charge is 0.123 e. The molecule has 2 nitrogen and oxygen atoms in total. The SMILES string of the molecule is CC(C)(C)c1cc(CN2CCCCC2)cc(C(C)(C)C)c1O.Cl. The minimum atomic E-state index is -0.0397. The third-order valence-corrected chi connectivity index (χ3v) is 4.64. The third-order valence-electron chi connectivity index (χ3n) is 4.64. The Balaban J connectivity index is 0.00000264. The van der Waals surface area contributed by atoms with Crippen molar-refractivity contribution in [3.8, 4) is 5.75 Å². The van der Waals surface area contributed by atoms with E-state index in [0.29, 0.717) is 5.75 Å². The first-order chi connectivity index (χ1) is 10.1. The number of likely N-dealkylation sites (tertiary alicyclic amines) is 1. The minimum absolute atomic E-state index is 0. The van der Waals surface area contributed by atoms with Gasteiger partial charge in [-0.15, -0.1) is 12.4 Å². The average molecular weight is 340 g/mol. The van der Waals surface area contributed by atoms with Gasteiger partial charge in [-0.2, -0.15) is 0 Å². The molecule has 1 aliphatic heterocycles. The standard InChI is InChI=1S/C20H33NO.ClH/c1-19(2,3)16-12-15(14-21-10-8-7-9-11-21)13-17(18(16)22)20(4,5)6;/h12-13,22H,7-11,14H2,1-6H3;1H. The molecule has 1 aliphatic rings. The van der Waals surface area contributed by atoms with E-state index in [2.05, 4.69) is 58.6 Å². The van der Waals surface area contributed by atoms with Crippen LogP contribution in [0.15, 0.2) is 12.1 Å². The number of nitrogens with zero attached hydrogens (tertiary/aromatic N) is 1. The van der Waals surface area contributed by atoms with Crippen LogP contribution >= 0.6 is 12.4 Å². The van der Waals surface area contributed by atoms with Gasteiger partial charge in [-0.05, 0) is 53.5 Å². The highest BCUT2D eigenvalue weighted by Crippen LogP contribution is 2.40. The van der Waals surface area contributed by atoms with Crippen LogP contribution in [-0.2, 0) is 17.4 Å². The van der Waals surface area contributed by atoms with Crippen LogP contribution in [0.5, 0.6) is 5.75 Å². The van der Waals surface area contributed by atoms with Gasteiger partial charge >= 0.3 is 0 Å². The topological polar surface area (TPSA) is 23.5 Å². The molecule has 1 N–H and O–H groups in total. The number of piperidine rings is 1. The quantitative estimate of drug-likeness (QED) is 0.780. The van der Waals surface area contributed by atoms with Crippen LogP contribution in [0.3, 0.4) is 0 Å². The van der Waals surface area contributed by atoms with Gasteiger partial charge in [-0.3, -0.25) is 4.90 Å². The number of phenols is 1. The monoisotopic (exact) mass is 339 g/mol. The van der Waals surface area contributed by atoms with Crippen molar-refractivity contribution in [2.24, 2.45) is 0 Å². The average Bonchev–Trinajstić information content (AvgIpc) is 2.39. The first kappa shape index (κ1) is 20.3. The second kappa shape index (κ2) is 7.44. The van der Waals surface area contributed by atoms with Gasteiger partial charge < -0.3 is 5.11 Å². The van der Waals surface area contributed by atoms with Crippen LogP contribution < -0.4 is 0 Å². The van der Waals surface area contributed by atoms with Crippen molar-refractivity contribution in [1.29, 1.82) is 0 Å². The first-order valence-electron chi connectivity index (χ1n) is 8.68. The minimum Gasteiger partial charge on any atom is -0.507 e. The molecule has 23 heavy (non-hydrogen) atoms. The molecule has 0 aliphatic carbocycles. The maximum absolute atomic E-state index is 10.8. The van der Waals surface area contributed by atoms with Crippen LogP contribution in [-0.4, -0.2) is 23.1 Å². The molecule has 1 aromatic rings. The van der Waals surface area contributed by atoms with Gasteiger partial charge in [0.2, 0.25) is 0 Å². The van der Waals surface area contributed by atoms with Crippen molar-refractivity contribution in [3.63, 3.8) is 0 Å². The van der Waals surface area contributed by atoms with E-state index in [1.807, 2.05) is 0 Å². The van der Waals surface area contributed by atoms with Crippen LogP contribution in [0.2, 0.25) is 0 Å². The summed E-state index contributed by atoms with van der Waals surface area (Å²) in [6, 6.07) is 4.44. The van der Waals surface area contributed by atoms with E-state index in [1.165, 1.54) is 37.9 Å². The zero-order chi connectivity index (χ0) is 16.5. The number of aromatic hydroxyl groups is 1. The first-order valence-corrected chi connectivity index (χ1v) is 8.68. The Morgan fingerprint density at radius 3 is 1.70 bits per heavy atom. The van der Waals surface area contributed by atoms with E-state index in [0.717, 1.165) is 17.7 Å². The summed E-state index contributed by atoms with van der Waals surface area (Å²) in [7, 11) is 0. The molecule has 0 amide bonds. The highest BCUT2D eigenvalue weighted by Gasteiger charge is 2.26. The molecule has 1 heterocycles. The lowest BCUT2D eigenvalue weighted by molar-refractivity contribution is 0.220. The molecule has 0 saturated carbocycles. The normalized spacial score (nSPS) is 17.0. The second-order valence-corrected chi connectivity index (χ2v) is 8.88. The lowest BCUT2D eigenvalue weighted by Gasteiger charge is -2.31. The van der Waals surface area contributed by atoms with E-state index in [1.54, 1.807) is 0 Å². The van der Waals surface area contributed by atoms with Gasteiger partial charge in [-0.1, -0.05) is 60.1 Å². The van der Waals surface area contributed by atoms with Crippen molar-refractivity contribution >= 4 is 12.4 Å². The number of hydrogen-bond acceptors (Lipinski definition) is 2. The lowest BCUT2D eigenvalue weighted by Crippen LogP contribution is -2.29. The predicted octanol–water partition coefficient (Wildman–Crippen LogP) is 5.39. The van der Waals surface area contributed by atoms with Crippen molar-refractivity contribution < 1.29 is 5.11 Å². The summed E-state index contributed by atoms with van der Waals surface area (Å²) in [6.07, 6.45) is 4.00. The summed E-state index contributed by atoms with van der Waals surface area (Å²) in [5, 5.41) is 10.8. The molecule has 2 rings (SSSR count). The lowest BCUT2D eigenvalue weighted by atomic mass is 9.78. The summed E-state index contributed by atoms with van der Waals surface area (Å²) >= 11 is 0. The fourth-order valence-corrected chi connectivity index (χ4v) is 3.30. The van der Waals surface area contributed by atoms with Gasteiger partial charge in [0.05, 0.1) is 0 Å². The maximum Gasteiger partial charge on any atom is 0.123 e. The molecular formula is C20H34ClNO. The van der Waals surface area contributed by atoms with Crippen molar-refractivity contribution in [2.45, 2.75) is 78.2 Å². The molecule has 1 aromatic carbocycles. The van der Waals surface area contributed by atoms with Gasteiger partial charge in [0.15, 0.2) is 0 Å². The van der Waals surface area contributed by atoms with E-state index in [-0.39, 0.29) is 23.2 Å². The second-order valence-electron chi connectivity index (χ2n) is 8.88. The molecule has 0 spiro atoms. The highest BCUT2D eigenvalue weighted by molar-refractivity contribution is 5.85. The largest absolute Gasteiger partial charge is 0.507 e. The molecule has 0 aromatic heterocycles. The Bertz CT molecular complexity index is 484. The molecule has 3 heteroatoms. The van der Waals surface area contributed by atoms with Crippen LogP contribution in [0.4, 0.5) is 0 Å². The van der Waals surface area contributed by atoms with Crippen LogP contribution in [0, 0.1) is 0 Å². The Kier molecular flexibility index (Phi) is 6.57. The fourth-order valence-electron chi connectivity index (χ4n) is 3.30. The summed E-state index contributed by atoms with van der Waals surface area (Å²) in [6.45, 7) is 16.5. The Morgan fingerprint density at radius 2 is 1.30 bits per heavy atom. The predicted molar refractivity (Wildman–Crippen MR) is 102 cm³/mol. The van der Waals surface area contributed by atoms with Gasteiger partial charge in [0, 0.05) is 6.54 Å². The molecular weight excluding hydrogens is 306 g/mol. The maximum atomic E-state index is 10.8. The number of benzene rings is 1.